The molecule has 0 amide bonds. The highest BCUT2D eigenvalue weighted by atomic mass is 15.1. The zero-order chi connectivity index (χ0) is 14.9. The summed E-state index contributed by atoms with van der Waals surface area (Å²) in [7, 11) is 0. The molecule has 0 bridgehead atoms. The Morgan fingerprint density at radius 3 is 2.81 bits per heavy atom. The molecule has 1 N–H and O–H groups in total. The zero-order valence-corrected chi connectivity index (χ0v) is 13.9. The van der Waals surface area contributed by atoms with Gasteiger partial charge in [-0.1, -0.05) is 39.0 Å². The minimum atomic E-state index is 0.533. The van der Waals surface area contributed by atoms with Crippen molar-refractivity contribution < 1.29 is 0 Å². The minimum Gasteiger partial charge on any atom is -0.371 e. The number of hydrogen-bond donors (Lipinski definition) is 1. The molecule has 116 valence electrons. The molecule has 1 aliphatic heterocycles. The highest BCUT2D eigenvalue weighted by molar-refractivity contribution is 5.57. The lowest BCUT2D eigenvalue weighted by atomic mass is 9.91. The monoisotopic (exact) mass is 286 g/mol. The molecule has 1 aliphatic carbocycles. The van der Waals surface area contributed by atoms with E-state index >= 15 is 0 Å². The van der Waals surface area contributed by atoms with E-state index in [2.05, 4.69) is 55.3 Å². The third-order valence-electron chi connectivity index (χ3n) is 5.33. The normalized spacial score (nSPS) is 27.1. The summed E-state index contributed by atoms with van der Waals surface area (Å²) in [5.41, 5.74) is 3.52. The second-order valence-corrected chi connectivity index (χ2v) is 7.83. The van der Waals surface area contributed by atoms with Gasteiger partial charge in [-0.05, 0) is 55.2 Å². The molecule has 1 heterocycles. The number of hydrogen-bond acceptors (Lipinski definition) is 2. The van der Waals surface area contributed by atoms with E-state index in [1.165, 1.54) is 50.0 Å². The third-order valence-corrected chi connectivity index (χ3v) is 5.33. The van der Waals surface area contributed by atoms with E-state index in [0.717, 1.165) is 18.5 Å². The van der Waals surface area contributed by atoms with Gasteiger partial charge in [0, 0.05) is 24.8 Å². The molecule has 1 saturated carbocycles. The van der Waals surface area contributed by atoms with Gasteiger partial charge in [0.25, 0.3) is 0 Å². The molecule has 1 aromatic carbocycles. The molecule has 0 spiro atoms. The molecule has 2 heteroatoms. The summed E-state index contributed by atoms with van der Waals surface area (Å²) in [4.78, 5) is 2.55. The average molecular weight is 286 g/mol. The third kappa shape index (κ3) is 3.42. The predicted octanol–water partition coefficient (Wildman–Crippen LogP) is 3.85. The average Bonchev–Trinajstić information content (AvgIpc) is 2.95. The fraction of sp³-hybridized carbons (Fsp3) is 0.684. The summed E-state index contributed by atoms with van der Waals surface area (Å²) in [5.74, 6) is 0.826. The van der Waals surface area contributed by atoms with Crippen LogP contribution in [-0.2, 0) is 6.42 Å². The number of para-hydroxylation sites is 1. The minimum absolute atomic E-state index is 0.533. The molecule has 21 heavy (non-hydrogen) atoms. The highest BCUT2D eigenvalue weighted by Gasteiger charge is 2.36. The highest BCUT2D eigenvalue weighted by Crippen LogP contribution is 2.40. The van der Waals surface area contributed by atoms with Crippen LogP contribution in [0.25, 0.3) is 0 Å². The van der Waals surface area contributed by atoms with Gasteiger partial charge in [-0.3, -0.25) is 0 Å². The number of nitrogens with one attached hydrogen (secondary N) is 1. The molecular formula is C19H30N2. The molecule has 2 unspecified atom stereocenters. The lowest BCUT2D eigenvalue weighted by Crippen LogP contribution is -2.34. The van der Waals surface area contributed by atoms with Crippen molar-refractivity contribution in [2.75, 3.05) is 24.5 Å². The second kappa shape index (κ2) is 6.00. The summed E-state index contributed by atoms with van der Waals surface area (Å²) in [6.45, 7) is 10.8. The Morgan fingerprint density at radius 1 is 1.24 bits per heavy atom. The predicted molar refractivity (Wildman–Crippen MR) is 90.9 cm³/mol. The van der Waals surface area contributed by atoms with Crippen LogP contribution in [0.5, 0.6) is 0 Å². The maximum atomic E-state index is 3.81. The van der Waals surface area contributed by atoms with Crippen LogP contribution in [0.1, 0.15) is 45.6 Å². The molecule has 0 aromatic heterocycles. The SMILES string of the molecule is CC1CC(C)(C)CC1NCCCN1CCc2ccccc21. The van der Waals surface area contributed by atoms with Crippen LogP contribution in [0.3, 0.4) is 0 Å². The Labute approximate surface area is 129 Å². The molecule has 0 radical (unpaired) electrons. The Kier molecular flexibility index (Phi) is 4.26. The van der Waals surface area contributed by atoms with E-state index in [-0.39, 0.29) is 0 Å². The molecule has 1 aromatic rings. The first-order chi connectivity index (χ1) is 10.1. The van der Waals surface area contributed by atoms with E-state index in [1.807, 2.05) is 0 Å². The van der Waals surface area contributed by atoms with Crippen molar-refractivity contribution in [1.82, 2.24) is 5.32 Å². The van der Waals surface area contributed by atoms with E-state index in [9.17, 15) is 0 Å². The lowest BCUT2D eigenvalue weighted by Gasteiger charge is -2.22. The van der Waals surface area contributed by atoms with Crippen molar-refractivity contribution in [2.45, 2.75) is 52.5 Å². The van der Waals surface area contributed by atoms with Gasteiger partial charge in [0.05, 0.1) is 0 Å². The quantitative estimate of drug-likeness (QED) is 0.827. The molecule has 2 nitrogen and oxygen atoms in total. The number of benzene rings is 1. The van der Waals surface area contributed by atoms with Gasteiger partial charge in [-0.25, -0.2) is 0 Å². The maximum absolute atomic E-state index is 3.81. The topological polar surface area (TPSA) is 15.3 Å². The number of anilines is 1. The van der Waals surface area contributed by atoms with E-state index < -0.39 is 0 Å². The van der Waals surface area contributed by atoms with Crippen LogP contribution in [0, 0.1) is 11.3 Å². The van der Waals surface area contributed by atoms with Crippen LogP contribution in [0.4, 0.5) is 5.69 Å². The maximum Gasteiger partial charge on any atom is 0.0399 e. The lowest BCUT2D eigenvalue weighted by molar-refractivity contribution is 0.362. The van der Waals surface area contributed by atoms with Crippen molar-refractivity contribution in [1.29, 1.82) is 0 Å². The summed E-state index contributed by atoms with van der Waals surface area (Å²) in [5, 5.41) is 3.81. The standard InChI is InChI=1S/C19H30N2/c1-15-13-19(2,3)14-17(15)20-10-6-11-21-12-9-16-7-4-5-8-18(16)21/h4-5,7-8,15,17,20H,6,9-14H2,1-3H3. The second-order valence-electron chi connectivity index (χ2n) is 7.83. The first-order valence-electron chi connectivity index (χ1n) is 8.61. The Balaban J connectivity index is 1.42. The van der Waals surface area contributed by atoms with Crippen molar-refractivity contribution in [3.8, 4) is 0 Å². The van der Waals surface area contributed by atoms with Crippen LogP contribution >= 0.6 is 0 Å². The van der Waals surface area contributed by atoms with E-state index in [1.54, 1.807) is 0 Å². The van der Waals surface area contributed by atoms with Crippen molar-refractivity contribution in [3.63, 3.8) is 0 Å². The zero-order valence-electron chi connectivity index (χ0n) is 13.9. The number of rotatable bonds is 5. The molecule has 2 atom stereocenters. The van der Waals surface area contributed by atoms with Crippen molar-refractivity contribution >= 4 is 5.69 Å². The smallest absolute Gasteiger partial charge is 0.0399 e. The van der Waals surface area contributed by atoms with Crippen LogP contribution in [0.15, 0.2) is 24.3 Å². The first kappa shape index (κ1) is 14.9. The van der Waals surface area contributed by atoms with Gasteiger partial charge >= 0.3 is 0 Å². The first-order valence-corrected chi connectivity index (χ1v) is 8.61. The van der Waals surface area contributed by atoms with Crippen molar-refractivity contribution in [3.05, 3.63) is 29.8 Å². The fourth-order valence-electron chi connectivity index (χ4n) is 4.36. The molecule has 0 saturated heterocycles. The molecular weight excluding hydrogens is 256 g/mol. The summed E-state index contributed by atoms with van der Waals surface area (Å²) in [6, 6.07) is 9.60. The fourth-order valence-corrected chi connectivity index (χ4v) is 4.36. The van der Waals surface area contributed by atoms with Gasteiger partial charge in [0.15, 0.2) is 0 Å². The molecule has 3 rings (SSSR count). The largest absolute Gasteiger partial charge is 0.371 e. The molecule has 2 aliphatic rings. The van der Waals surface area contributed by atoms with Crippen molar-refractivity contribution in [2.24, 2.45) is 11.3 Å². The van der Waals surface area contributed by atoms with E-state index in [0.29, 0.717) is 5.41 Å². The molecule has 1 fully saturated rings. The van der Waals surface area contributed by atoms with Gasteiger partial charge < -0.3 is 10.2 Å². The van der Waals surface area contributed by atoms with Gasteiger partial charge in [0.2, 0.25) is 0 Å². The Morgan fingerprint density at radius 2 is 2.05 bits per heavy atom. The van der Waals surface area contributed by atoms with E-state index in [4.69, 9.17) is 0 Å². The number of nitrogens with zero attached hydrogens (tertiary/aromatic N) is 1. The summed E-state index contributed by atoms with van der Waals surface area (Å²) in [6.07, 6.45) is 5.17. The van der Waals surface area contributed by atoms with Crippen LogP contribution < -0.4 is 10.2 Å². The van der Waals surface area contributed by atoms with Gasteiger partial charge in [-0.15, -0.1) is 0 Å². The van der Waals surface area contributed by atoms with Gasteiger partial charge in [0.1, 0.15) is 0 Å². The number of fused-ring (bicyclic) bond motifs is 1. The van der Waals surface area contributed by atoms with Gasteiger partial charge in [-0.2, -0.15) is 0 Å². The van der Waals surface area contributed by atoms with Crippen LogP contribution in [-0.4, -0.2) is 25.7 Å². The summed E-state index contributed by atoms with van der Waals surface area (Å²) >= 11 is 0. The Hall–Kier alpha value is -1.02. The Bertz CT molecular complexity index is 480. The van der Waals surface area contributed by atoms with Crippen LogP contribution in [0.2, 0.25) is 0 Å². The summed E-state index contributed by atoms with van der Waals surface area (Å²) < 4.78 is 0.